The maximum atomic E-state index is 11.6. The molecule has 6 nitrogen and oxygen atoms in total. The molecule has 7 heteroatoms. The maximum Gasteiger partial charge on any atom is 0.323 e. The summed E-state index contributed by atoms with van der Waals surface area (Å²) in [4.78, 5) is 10.6. The van der Waals surface area contributed by atoms with Crippen LogP contribution in [0.5, 0.6) is 0 Å². The first-order chi connectivity index (χ1) is 8.16. The molecule has 0 radical (unpaired) electrons. The van der Waals surface area contributed by atoms with E-state index in [1.54, 1.807) is 0 Å². The number of aliphatic carboxylic acids is 1. The highest BCUT2D eigenvalue weighted by Crippen LogP contribution is 2.31. The highest BCUT2D eigenvalue weighted by atomic mass is 32.2. The molecule has 106 valence electrons. The molecule has 0 amide bonds. The Morgan fingerprint density at radius 3 is 2.39 bits per heavy atom. The number of sulfonamides is 1. The second-order valence-electron chi connectivity index (χ2n) is 5.25. The summed E-state index contributed by atoms with van der Waals surface area (Å²) < 4.78 is 25.4. The van der Waals surface area contributed by atoms with Gasteiger partial charge in [-0.05, 0) is 38.5 Å². The van der Waals surface area contributed by atoms with Crippen molar-refractivity contribution in [2.24, 2.45) is 5.92 Å². The standard InChI is InChI=1S/C11H21NO5S/c1-8-3-5-11(15,6-4-8)7-12-18(16,17)9(2)10(13)14/h8-9,12,15H,3-7H2,1-2H3,(H,13,14). The molecule has 1 fully saturated rings. The Labute approximate surface area is 107 Å². The van der Waals surface area contributed by atoms with E-state index in [0.717, 1.165) is 19.8 Å². The monoisotopic (exact) mass is 279 g/mol. The molecule has 1 saturated carbocycles. The summed E-state index contributed by atoms with van der Waals surface area (Å²) in [7, 11) is -3.92. The van der Waals surface area contributed by atoms with Crippen LogP contribution in [0, 0.1) is 5.92 Å². The zero-order valence-corrected chi connectivity index (χ0v) is 11.5. The Morgan fingerprint density at radius 1 is 1.44 bits per heavy atom. The molecule has 0 aromatic heterocycles. The van der Waals surface area contributed by atoms with Crippen molar-refractivity contribution in [3.05, 3.63) is 0 Å². The molecular weight excluding hydrogens is 258 g/mol. The summed E-state index contributed by atoms with van der Waals surface area (Å²) in [5, 5.41) is 17.4. The van der Waals surface area contributed by atoms with Crippen LogP contribution in [0.25, 0.3) is 0 Å². The van der Waals surface area contributed by atoms with Crippen molar-refractivity contribution >= 4 is 16.0 Å². The Kier molecular flexibility index (Phi) is 4.74. The second-order valence-corrected chi connectivity index (χ2v) is 7.34. The average molecular weight is 279 g/mol. The lowest BCUT2D eigenvalue weighted by Gasteiger charge is -2.35. The summed E-state index contributed by atoms with van der Waals surface area (Å²) in [6, 6.07) is 0. The van der Waals surface area contributed by atoms with Crippen LogP contribution in [-0.4, -0.2) is 42.0 Å². The van der Waals surface area contributed by atoms with Gasteiger partial charge < -0.3 is 10.2 Å². The van der Waals surface area contributed by atoms with E-state index in [2.05, 4.69) is 11.6 Å². The Hall–Kier alpha value is -0.660. The van der Waals surface area contributed by atoms with E-state index >= 15 is 0 Å². The number of aliphatic hydroxyl groups is 1. The molecule has 1 atom stereocenters. The van der Waals surface area contributed by atoms with Crippen LogP contribution in [0.2, 0.25) is 0 Å². The van der Waals surface area contributed by atoms with Gasteiger partial charge in [0.1, 0.15) is 0 Å². The van der Waals surface area contributed by atoms with Crippen LogP contribution >= 0.6 is 0 Å². The number of carbonyl (C=O) groups is 1. The summed E-state index contributed by atoms with van der Waals surface area (Å²) in [5.41, 5.74) is -1.04. The van der Waals surface area contributed by atoms with Crippen molar-refractivity contribution in [2.45, 2.75) is 50.4 Å². The number of carboxylic acid groups (broad SMARTS) is 1. The van der Waals surface area contributed by atoms with E-state index in [-0.39, 0.29) is 6.54 Å². The fraction of sp³-hybridized carbons (Fsp3) is 0.909. The van der Waals surface area contributed by atoms with Gasteiger partial charge in [0.05, 0.1) is 5.60 Å². The van der Waals surface area contributed by atoms with Crippen molar-refractivity contribution in [3.63, 3.8) is 0 Å². The molecule has 3 N–H and O–H groups in total. The van der Waals surface area contributed by atoms with E-state index < -0.39 is 26.8 Å². The molecule has 1 unspecified atom stereocenters. The van der Waals surface area contributed by atoms with E-state index in [0.29, 0.717) is 18.8 Å². The lowest BCUT2D eigenvalue weighted by Crippen LogP contribution is -2.48. The van der Waals surface area contributed by atoms with Crippen molar-refractivity contribution in [1.29, 1.82) is 0 Å². The van der Waals surface area contributed by atoms with E-state index in [4.69, 9.17) is 5.11 Å². The maximum absolute atomic E-state index is 11.6. The SMILES string of the molecule is CC1CCC(O)(CNS(=O)(=O)C(C)C(=O)O)CC1. The van der Waals surface area contributed by atoms with Gasteiger partial charge >= 0.3 is 5.97 Å². The third-order valence-electron chi connectivity index (χ3n) is 3.62. The van der Waals surface area contributed by atoms with Gasteiger partial charge in [-0.2, -0.15) is 0 Å². The van der Waals surface area contributed by atoms with E-state index in [1.807, 2.05) is 0 Å². The van der Waals surface area contributed by atoms with Crippen LogP contribution in [0.3, 0.4) is 0 Å². The number of rotatable bonds is 5. The minimum atomic E-state index is -3.92. The van der Waals surface area contributed by atoms with Gasteiger partial charge in [0.2, 0.25) is 10.0 Å². The van der Waals surface area contributed by atoms with Crippen LogP contribution in [-0.2, 0) is 14.8 Å². The average Bonchev–Trinajstić information content (AvgIpc) is 2.30. The third-order valence-corrected chi connectivity index (χ3v) is 5.30. The van der Waals surface area contributed by atoms with Crippen LogP contribution in [0.15, 0.2) is 0 Å². The van der Waals surface area contributed by atoms with Crippen LogP contribution in [0.4, 0.5) is 0 Å². The first-order valence-corrected chi connectivity index (χ1v) is 7.64. The van der Waals surface area contributed by atoms with Crippen LogP contribution < -0.4 is 4.72 Å². The molecule has 1 aliphatic carbocycles. The zero-order valence-electron chi connectivity index (χ0n) is 10.7. The fourth-order valence-corrected chi connectivity index (χ4v) is 2.95. The first-order valence-electron chi connectivity index (χ1n) is 6.10. The fourth-order valence-electron chi connectivity index (χ4n) is 1.97. The van der Waals surface area contributed by atoms with Crippen molar-refractivity contribution in [3.8, 4) is 0 Å². The molecular formula is C11H21NO5S. The number of nitrogens with one attached hydrogen (secondary N) is 1. The molecule has 0 aromatic rings. The quantitative estimate of drug-likeness (QED) is 0.672. The summed E-state index contributed by atoms with van der Waals surface area (Å²) in [5.74, 6) is -0.855. The Balaban J connectivity index is 2.57. The zero-order chi connectivity index (χ0) is 14.0. The molecule has 0 aromatic carbocycles. The van der Waals surface area contributed by atoms with E-state index in [9.17, 15) is 18.3 Å². The predicted molar refractivity (Wildman–Crippen MR) is 66.6 cm³/mol. The minimum Gasteiger partial charge on any atom is -0.480 e. The molecule has 0 heterocycles. The Bertz CT molecular complexity index is 398. The smallest absolute Gasteiger partial charge is 0.323 e. The molecule has 0 spiro atoms. The molecule has 18 heavy (non-hydrogen) atoms. The summed E-state index contributed by atoms with van der Waals surface area (Å²) in [6.45, 7) is 3.09. The molecule has 1 aliphatic rings. The summed E-state index contributed by atoms with van der Waals surface area (Å²) in [6.07, 6.45) is 2.79. The lowest BCUT2D eigenvalue weighted by molar-refractivity contribution is -0.136. The topological polar surface area (TPSA) is 104 Å². The lowest BCUT2D eigenvalue weighted by atomic mass is 9.80. The van der Waals surface area contributed by atoms with Crippen LogP contribution in [0.1, 0.15) is 39.5 Å². The van der Waals surface area contributed by atoms with Gasteiger partial charge in [0.25, 0.3) is 0 Å². The van der Waals surface area contributed by atoms with Gasteiger partial charge in [-0.25, -0.2) is 13.1 Å². The normalized spacial score (nSPS) is 30.9. The molecule has 0 bridgehead atoms. The van der Waals surface area contributed by atoms with Gasteiger partial charge in [-0.3, -0.25) is 4.79 Å². The highest BCUT2D eigenvalue weighted by Gasteiger charge is 2.35. The van der Waals surface area contributed by atoms with Gasteiger partial charge in [0.15, 0.2) is 5.25 Å². The number of hydrogen-bond donors (Lipinski definition) is 3. The molecule has 1 rings (SSSR count). The van der Waals surface area contributed by atoms with Crippen molar-refractivity contribution in [2.75, 3.05) is 6.54 Å². The van der Waals surface area contributed by atoms with Crippen molar-refractivity contribution in [1.82, 2.24) is 4.72 Å². The van der Waals surface area contributed by atoms with Gasteiger partial charge in [0, 0.05) is 6.54 Å². The third kappa shape index (κ3) is 3.93. The predicted octanol–water partition coefficient (Wildman–Crippen LogP) is 0.320. The highest BCUT2D eigenvalue weighted by molar-refractivity contribution is 7.90. The van der Waals surface area contributed by atoms with Gasteiger partial charge in [-0.15, -0.1) is 0 Å². The molecule has 0 aliphatic heterocycles. The minimum absolute atomic E-state index is 0.111. The van der Waals surface area contributed by atoms with Gasteiger partial charge in [-0.1, -0.05) is 6.92 Å². The number of carboxylic acids is 1. The largest absolute Gasteiger partial charge is 0.480 e. The van der Waals surface area contributed by atoms with E-state index in [1.165, 1.54) is 0 Å². The number of hydrogen-bond acceptors (Lipinski definition) is 4. The Morgan fingerprint density at radius 2 is 1.94 bits per heavy atom. The summed E-state index contributed by atoms with van der Waals surface area (Å²) >= 11 is 0. The molecule has 0 saturated heterocycles. The second kappa shape index (κ2) is 5.54. The van der Waals surface area contributed by atoms with Crippen molar-refractivity contribution < 1.29 is 23.4 Å². The first kappa shape index (κ1) is 15.4.